The van der Waals surface area contributed by atoms with Crippen LogP contribution in [0.2, 0.25) is 0 Å². The van der Waals surface area contributed by atoms with Gasteiger partial charge in [-0.15, -0.1) is 0 Å². The molecule has 1 heterocycles. The van der Waals surface area contributed by atoms with Gasteiger partial charge in [-0.05, 0) is 43.3 Å². The normalized spacial score (nSPS) is 14.2. The zero-order valence-electron chi connectivity index (χ0n) is 14.7. The van der Waals surface area contributed by atoms with Crippen molar-refractivity contribution in [3.05, 3.63) is 78.4 Å². The summed E-state index contributed by atoms with van der Waals surface area (Å²) in [6.07, 6.45) is 0. The lowest BCUT2D eigenvalue weighted by atomic mass is 10.00. The van der Waals surface area contributed by atoms with E-state index in [9.17, 15) is 13.2 Å². The first-order chi connectivity index (χ1) is 13.0. The maximum absolute atomic E-state index is 12.9. The van der Waals surface area contributed by atoms with E-state index in [-0.39, 0.29) is 10.8 Å². The standard InChI is InChI=1S/C21H18N2O3S/c1-2-23-19-13-12-15(21(24)22-16-8-4-3-5-9-16)14-18(19)17-10-6-7-11-20(17)27(23,25)26/h3-14H,2H2,1H3,(H,22,24). The Kier molecular flexibility index (Phi) is 4.20. The minimum atomic E-state index is -3.60. The molecule has 1 aliphatic rings. The number of nitrogens with zero attached hydrogens (tertiary/aromatic N) is 1. The number of amides is 1. The molecule has 0 atom stereocenters. The Hall–Kier alpha value is -3.12. The van der Waals surface area contributed by atoms with Gasteiger partial charge >= 0.3 is 0 Å². The van der Waals surface area contributed by atoms with Crippen LogP contribution in [0.5, 0.6) is 0 Å². The van der Waals surface area contributed by atoms with Crippen molar-refractivity contribution in [2.24, 2.45) is 0 Å². The molecule has 0 spiro atoms. The smallest absolute Gasteiger partial charge is 0.264 e. The number of para-hydroxylation sites is 1. The van der Waals surface area contributed by atoms with Crippen LogP contribution >= 0.6 is 0 Å². The maximum Gasteiger partial charge on any atom is 0.264 e. The zero-order chi connectivity index (χ0) is 19.0. The van der Waals surface area contributed by atoms with Crippen LogP contribution in [0, 0.1) is 0 Å². The Morgan fingerprint density at radius 2 is 1.63 bits per heavy atom. The zero-order valence-corrected chi connectivity index (χ0v) is 15.5. The Morgan fingerprint density at radius 1 is 0.926 bits per heavy atom. The first-order valence-electron chi connectivity index (χ1n) is 8.65. The number of hydrogen-bond donors (Lipinski definition) is 1. The molecule has 5 nitrogen and oxygen atoms in total. The number of carbonyl (C=O) groups excluding carboxylic acids is 1. The molecule has 136 valence electrons. The Bertz CT molecular complexity index is 1130. The molecule has 3 aromatic rings. The van der Waals surface area contributed by atoms with Crippen molar-refractivity contribution >= 4 is 27.3 Å². The predicted octanol–water partition coefficient (Wildman–Crippen LogP) is 4.13. The van der Waals surface area contributed by atoms with Crippen LogP contribution in [0.3, 0.4) is 0 Å². The minimum Gasteiger partial charge on any atom is -0.322 e. The SMILES string of the molecule is CCN1c2ccc(C(=O)Nc3ccccc3)cc2-c2ccccc2S1(=O)=O. The van der Waals surface area contributed by atoms with Crippen molar-refractivity contribution in [1.29, 1.82) is 0 Å². The summed E-state index contributed by atoms with van der Waals surface area (Å²) in [5.41, 5.74) is 3.13. The number of nitrogens with one attached hydrogen (secondary N) is 1. The molecule has 4 rings (SSSR count). The Balaban J connectivity index is 1.81. The highest BCUT2D eigenvalue weighted by Crippen LogP contribution is 2.43. The lowest BCUT2D eigenvalue weighted by Crippen LogP contribution is -2.34. The number of hydrogen-bond acceptors (Lipinski definition) is 3. The highest BCUT2D eigenvalue weighted by atomic mass is 32.2. The molecule has 1 amide bonds. The van der Waals surface area contributed by atoms with E-state index in [4.69, 9.17) is 0 Å². The minimum absolute atomic E-state index is 0.238. The molecular weight excluding hydrogens is 360 g/mol. The topological polar surface area (TPSA) is 66.5 Å². The fourth-order valence-corrected chi connectivity index (χ4v) is 5.04. The highest BCUT2D eigenvalue weighted by molar-refractivity contribution is 7.93. The number of sulfonamides is 1. The molecule has 0 unspecified atom stereocenters. The van der Waals surface area contributed by atoms with Gasteiger partial charge in [0.05, 0.1) is 10.6 Å². The van der Waals surface area contributed by atoms with E-state index in [1.165, 1.54) is 4.31 Å². The Labute approximate surface area is 158 Å². The van der Waals surface area contributed by atoms with Crippen molar-refractivity contribution < 1.29 is 13.2 Å². The second kappa shape index (κ2) is 6.55. The van der Waals surface area contributed by atoms with Crippen LogP contribution in [0.4, 0.5) is 11.4 Å². The van der Waals surface area contributed by atoms with Gasteiger partial charge in [-0.2, -0.15) is 0 Å². The Morgan fingerprint density at radius 3 is 2.37 bits per heavy atom. The molecule has 27 heavy (non-hydrogen) atoms. The fraction of sp³-hybridized carbons (Fsp3) is 0.0952. The van der Waals surface area contributed by atoms with Crippen LogP contribution in [-0.4, -0.2) is 20.9 Å². The summed E-state index contributed by atoms with van der Waals surface area (Å²) in [6.45, 7) is 2.12. The molecule has 0 fully saturated rings. The van der Waals surface area contributed by atoms with Crippen molar-refractivity contribution in [2.75, 3.05) is 16.2 Å². The van der Waals surface area contributed by atoms with Crippen LogP contribution in [0.15, 0.2) is 77.7 Å². The van der Waals surface area contributed by atoms with Gasteiger partial charge < -0.3 is 5.32 Å². The van der Waals surface area contributed by atoms with Crippen molar-refractivity contribution in [1.82, 2.24) is 0 Å². The van der Waals surface area contributed by atoms with Crippen molar-refractivity contribution in [2.45, 2.75) is 11.8 Å². The van der Waals surface area contributed by atoms with Gasteiger partial charge in [-0.3, -0.25) is 9.10 Å². The third-order valence-electron chi connectivity index (χ3n) is 4.59. The van der Waals surface area contributed by atoms with Gasteiger partial charge in [-0.1, -0.05) is 36.4 Å². The summed E-state index contributed by atoms with van der Waals surface area (Å²) in [5, 5.41) is 2.86. The number of benzene rings is 3. The second-order valence-electron chi connectivity index (χ2n) is 6.22. The van der Waals surface area contributed by atoms with E-state index in [0.717, 1.165) is 5.56 Å². The van der Waals surface area contributed by atoms with E-state index in [1.807, 2.05) is 30.3 Å². The van der Waals surface area contributed by atoms with Crippen LogP contribution in [0.1, 0.15) is 17.3 Å². The molecular formula is C21H18N2O3S. The monoisotopic (exact) mass is 378 g/mol. The lowest BCUT2D eigenvalue weighted by Gasteiger charge is -2.31. The van der Waals surface area contributed by atoms with Crippen molar-refractivity contribution in [3.8, 4) is 11.1 Å². The second-order valence-corrected chi connectivity index (χ2v) is 8.05. The number of fused-ring (bicyclic) bond motifs is 3. The summed E-state index contributed by atoms with van der Waals surface area (Å²) in [4.78, 5) is 12.9. The first-order valence-corrected chi connectivity index (χ1v) is 10.1. The quantitative estimate of drug-likeness (QED) is 0.745. The summed E-state index contributed by atoms with van der Waals surface area (Å²) >= 11 is 0. The predicted molar refractivity (Wildman–Crippen MR) is 106 cm³/mol. The fourth-order valence-electron chi connectivity index (χ4n) is 3.34. The average Bonchev–Trinajstić information content (AvgIpc) is 2.69. The van der Waals surface area contributed by atoms with Crippen molar-refractivity contribution in [3.63, 3.8) is 0 Å². The van der Waals surface area contributed by atoms with Crippen LogP contribution < -0.4 is 9.62 Å². The molecule has 0 aliphatic carbocycles. The van der Waals surface area contributed by atoms with Gasteiger partial charge in [0.25, 0.3) is 15.9 Å². The molecule has 0 radical (unpaired) electrons. The third kappa shape index (κ3) is 2.88. The van der Waals surface area contributed by atoms with E-state index in [1.54, 1.807) is 49.4 Å². The van der Waals surface area contributed by atoms with Crippen LogP contribution in [0.25, 0.3) is 11.1 Å². The number of rotatable bonds is 3. The van der Waals surface area contributed by atoms with E-state index in [2.05, 4.69) is 5.32 Å². The average molecular weight is 378 g/mol. The molecule has 0 bridgehead atoms. The van der Waals surface area contributed by atoms with E-state index in [0.29, 0.717) is 29.0 Å². The van der Waals surface area contributed by atoms with Gasteiger partial charge in [0.2, 0.25) is 0 Å². The van der Waals surface area contributed by atoms with Crippen LogP contribution in [-0.2, 0) is 10.0 Å². The molecule has 1 N–H and O–H groups in total. The summed E-state index contributed by atoms with van der Waals surface area (Å²) in [7, 11) is -3.60. The molecule has 1 aliphatic heterocycles. The van der Waals surface area contributed by atoms with Gasteiger partial charge in [0.15, 0.2) is 0 Å². The highest BCUT2D eigenvalue weighted by Gasteiger charge is 2.34. The number of carbonyl (C=O) groups is 1. The molecule has 3 aromatic carbocycles. The van der Waals surface area contributed by atoms with Gasteiger partial charge in [0.1, 0.15) is 0 Å². The summed E-state index contributed by atoms with van der Waals surface area (Å²) in [5.74, 6) is -0.238. The van der Waals surface area contributed by atoms with E-state index < -0.39 is 10.0 Å². The van der Waals surface area contributed by atoms with E-state index >= 15 is 0 Å². The molecule has 0 aromatic heterocycles. The summed E-state index contributed by atoms with van der Waals surface area (Å²) < 4.78 is 27.2. The molecule has 6 heteroatoms. The molecule has 0 saturated heterocycles. The molecule has 0 saturated carbocycles. The van der Waals surface area contributed by atoms with Gasteiger partial charge in [0, 0.05) is 28.9 Å². The van der Waals surface area contributed by atoms with Gasteiger partial charge in [-0.25, -0.2) is 8.42 Å². The number of anilines is 2. The summed E-state index contributed by atoms with van der Waals surface area (Å²) in [6, 6.07) is 21.2. The third-order valence-corrected chi connectivity index (χ3v) is 6.54. The largest absolute Gasteiger partial charge is 0.322 e. The maximum atomic E-state index is 12.9. The lowest BCUT2D eigenvalue weighted by molar-refractivity contribution is 0.102. The first kappa shape index (κ1) is 17.3.